The number of phenols is 2. The smallest absolute Gasteiger partial charge is 0.175 e. The van der Waals surface area contributed by atoms with E-state index < -0.39 is 0 Å². The number of imidazole rings is 1. The first-order chi connectivity index (χ1) is 15.5. The SMILES string of the molecule is CCCN1CCCCC1CCn1c(Sc2cc(O)c(O)cc2C#N)nc2c(N)ncnc21. The summed E-state index contributed by atoms with van der Waals surface area (Å²) in [6.45, 7) is 5.15. The van der Waals surface area contributed by atoms with Gasteiger partial charge < -0.3 is 25.4 Å². The summed E-state index contributed by atoms with van der Waals surface area (Å²) < 4.78 is 2.02. The summed E-state index contributed by atoms with van der Waals surface area (Å²) in [5, 5.41) is 29.8. The number of nitrogen functional groups attached to an aromatic ring is 1. The average Bonchev–Trinajstić information content (AvgIpc) is 3.14. The van der Waals surface area contributed by atoms with Gasteiger partial charge in [-0.2, -0.15) is 5.26 Å². The molecule has 1 aliphatic heterocycles. The normalized spacial score (nSPS) is 16.9. The fourth-order valence-electron chi connectivity index (χ4n) is 4.29. The lowest BCUT2D eigenvalue weighted by Gasteiger charge is -2.35. The van der Waals surface area contributed by atoms with Crippen molar-refractivity contribution < 1.29 is 10.2 Å². The number of phenolic OH excluding ortho intramolecular Hbond substituents is 2. The molecule has 10 heteroatoms. The average molecular weight is 454 g/mol. The Morgan fingerprint density at radius 1 is 1.22 bits per heavy atom. The number of aryl methyl sites for hydroxylation is 1. The molecule has 1 fully saturated rings. The summed E-state index contributed by atoms with van der Waals surface area (Å²) in [7, 11) is 0. The Balaban J connectivity index is 1.68. The minimum Gasteiger partial charge on any atom is -0.504 e. The maximum Gasteiger partial charge on any atom is 0.175 e. The standard InChI is InChI=1S/C22H27N7O2S/c1-2-7-28-8-4-3-5-15(28)6-9-29-21-19(20(24)25-13-26-21)27-22(29)32-18-11-17(31)16(30)10-14(18)12-23/h10-11,13,15,30-31H,2-9H2,1H3,(H2,24,25,26). The van der Waals surface area contributed by atoms with Crippen LogP contribution in [0.1, 0.15) is 44.6 Å². The largest absolute Gasteiger partial charge is 0.504 e. The highest BCUT2D eigenvalue weighted by atomic mass is 32.2. The fourth-order valence-corrected chi connectivity index (χ4v) is 5.29. The highest BCUT2D eigenvalue weighted by molar-refractivity contribution is 7.99. The Morgan fingerprint density at radius 3 is 2.81 bits per heavy atom. The highest BCUT2D eigenvalue weighted by Crippen LogP contribution is 2.38. The molecule has 4 rings (SSSR count). The second-order valence-electron chi connectivity index (χ2n) is 8.00. The van der Waals surface area contributed by atoms with Gasteiger partial charge in [-0.25, -0.2) is 15.0 Å². The van der Waals surface area contributed by atoms with E-state index in [0.717, 1.165) is 25.9 Å². The van der Waals surface area contributed by atoms with E-state index in [0.29, 0.717) is 39.6 Å². The second-order valence-corrected chi connectivity index (χ2v) is 9.01. The number of aromatic hydroxyl groups is 2. The maximum atomic E-state index is 9.96. The van der Waals surface area contributed by atoms with Gasteiger partial charge in [0.15, 0.2) is 33.6 Å². The van der Waals surface area contributed by atoms with Crippen LogP contribution in [0.4, 0.5) is 5.82 Å². The van der Waals surface area contributed by atoms with Gasteiger partial charge in [-0.15, -0.1) is 0 Å². The van der Waals surface area contributed by atoms with E-state index in [4.69, 9.17) is 5.73 Å². The first-order valence-electron chi connectivity index (χ1n) is 10.9. The molecule has 2 aromatic heterocycles. The molecule has 0 radical (unpaired) electrons. The first kappa shape index (κ1) is 22.2. The number of rotatable bonds is 7. The van der Waals surface area contributed by atoms with E-state index >= 15 is 0 Å². The van der Waals surface area contributed by atoms with E-state index in [2.05, 4.69) is 32.8 Å². The molecule has 3 heterocycles. The Bertz CT molecular complexity index is 1160. The van der Waals surface area contributed by atoms with Crippen LogP contribution in [0.2, 0.25) is 0 Å². The molecule has 0 saturated carbocycles. The van der Waals surface area contributed by atoms with E-state index in [-0.39, 0.29) is 17.1 Å². The van der Waals surface area contributed by atoms with Gasteiger partial charge in [0.1, 0.15) is 12.4 Å². The van der Waals surface area contributed by atoms with Gasteiger partial charge >= 0.3 is 0 Å². The van der Waals surface area contributed by atoms with Crippen molar-refractivity contribution in [1.29, 1.82) is 5.26 Å². The van der Waals surface area contributed by atoms with E-state index in [1.165, 1.54) is 49.5 Å². The molecule has 0 aliphatic carbocycles. The summed E-state index contributed by atoms with van der Waals surface area (Å²) in [6.07, 6.45) is 7.19. The number of nitrogens with zero attached hydrogens (tertiary/aromatic N) is 6. The summed E-state index contributed by atoms with van der Waals surface area (Å²) in [5.41, 5.74) is 7.49. The van der Waals surface area contributed by atoms with Crippen LogP contribution in [-0.2, 0) is 6.54 Å². The van der Waals surface area contributed by atoms with E-state index in [1.807, 2.05) is 4.57 Å². The number of nitriles is 1. The van der Waals surface area contributed by atoms with Crippen molar-refractivity contribution in [3.63, 3.8) is 0 Å². The number of aromatic nitrogens is 4. The van der Waals surface area contributed by atoms with E-state index in [1.54, 1.807) is 0 Å². The summed E-state index contributed by atoms with van der Waals surface area (Å²) >= 11 is 1.24. The molecule has 4 N–H and O–H groups in total. The van der Waals surface area contributed by atoms with Crippen molar-refractivity contribution in [2.75, 3.05) is 18.8 Å². The van der Waals surface area contributed by atoms with Crippen molar-refractivity contribution in [2.45, 2.75) is 61.7 Å². The Labute approximate surface area is 190 Å². The third kappa shape index (κ3) is 4.45. The number of anilines is 1. The number of hydrogen-bond acceptors (Lipinski definition) is 9. The number of fused-ring (bicyclic) bond motifs is 1. The highest BCUT2D eigenvalue weighted by Gasteiger charge is 2.24. The molecule has 0 amide bonds. The van der Waals surface area contributed by atoms with Crippen LogP contribution in [0.25, 0.3) is 11.2 Å². The number of nitrogens with two attached hydrogens (primary N) is 1. The van der Waals surface area contributed by atoms with Crippen molar-refractivity contribution >= 4 is 28.7 Å². The molecule has 3 aromatic rings. The molecule has 1 atom stereocenters. The quantitative estimate of drug-likeness (QED) is 0.459. The molecule has 1 aliphatic rings. The molecule has 0 bridgehead atoms. The molecule has 0 spiro atoms. The lowest BCUT2D eigenvalue weighted by atomic mass is 9.99. The molecule has 9 nitrogen and oxygen atoms in total. The van der Waals surface area contributed by atoms with Crippen LogP contribution in [-0.4, -0.2) is 53.8 Å². The number of likely N-dealkylation sites (tertiary alicyclic amines) is 1. The van der Waals surface area contributed by atoms with E-state index in [9.17, 15) is 15.5 Å². The first-order valence-corrected chi connectivity index (χ1v) is 11.7. The molecule has 32 heavy (non-hydrogen) atoms. The van der Waals surface area contributed by atoms with Gasteiger partial charge in [0, 0.05) is 23.5 Å². The van der Waals surface area contributed by atoms with Gasteiger partial charge in [-0.05, 0) is 44.8 Å². The monoisotopic (exact) mass is 453 g/mol. The Morgan fingerprint density at radius 2 is 2.03 bits per heavy atom. The Kier molecular flexibility index (Phi) is 6.67. The zero-order valence-corrected chi connectivity index (χ0v) is 18.8. The van der Waals surface area contributed by atoms with Gasteiger partial charge in [0.05, 0.1) is 5.56 Å². The molecule has 1 aromatic carbocycles. The number of piperidine rings is 1. The summed E-state index contributed by atoms with van der Waals surface area (Å²) in [6, 6.07) is 5.20. The fraction of sp³-hybridized carbons (Fsp3) is 0.455. The van der Waals surface area contributed by atoms with Crippen LogP contribution < -0.4 is 5.73 Å². The van der Waals surface area contributed by atoms with Crippen molar-refractivity contribution in [3.05, 3.63) is 24.0 Å². The third-order valence-electron chi connectivity index (χ3n) is 5.87. The minimum absolute atomic E-state index is 0.254. The Hall–Kier alpha value is -3.03. The van der Waals surface area contributed by atoms with Gasteiger partial charge in [0.2, 0.25) is 0 Å². The molecular weight excluding hydrogens is 426 g/mol. The summed E-state index contributed by atoms with van der Waals surface area (Å²) in [4.78, 5) is 16.2. The number of benzene rings is 1. The minimum atomic E-state index is -0.331. The van der Waals surface area contributed by atoms with Crippen LogP contribution in [0.15, 0.2) is 28.5 Å². The number of hydrogen-bond donors (Lipinski definition) is 3. The van der Waals surface area contributed by atoms with Crippen LogP contribution in [0.3, 0.4) is 0 Å². The zero-order valence-electron chi connectivity index (χ0n) is 18.0. The van der Waals surface area contributed by atoms with Crippen molar-refractivity contribution in [2.24, 2.45) is 0 Å². The predicted octanol–water partition coefficient (Wildman–Crippen LogP) is 3.50. The van der Waals surface area contributed by atoms with Crippen LogP contribution in [0.5, 0.6) is 11.5 Å². The molecule has 168 valence electrons. The third-order valence-corrected chi connectivity index (χ3v) is 6.92. The van der Waals surface area contributed by atoms with Gasteiger partial charge in [-0.1, -0.05) is 25.1 Å². The van der Waals surface area contributed by atoms with Crippen molar-refractivity contribution in [3.8, 4) is 17.6 Å². The zero-order chi connectivity index (χ0) is 22.7. The lowest BCUT2D eigenvalue weighted by molar-refractivity contribution is 0.136. The molecule has 1 saturated heterocycles. The maximum absolute atomic E-state index is 9.96. The van der Waals surface area contributed by atoms with Crippen LogP contribution in [0, 0.1) is 11.3 Å². The molecular formula is C22H27N7O2S. The lowest BCUT2D eigenvalue weighted by Crippen LogP contribution is -2.40. The van der Waals surface area contributed by atoms with Crippen LogP contribution >= 0.6 is 11.8 Å². The summed E-state index contributed by atoms with van der Waals surface area (Å²) in [5.74, 6) is -0.316. The second kappa shape index (κ2) is 9.63. The predicted molar refractivity (Wildman–Crippen MR) is 122 cm³/mol. The molecule has 1 unspecified atom stereocenters. The van der Waals surface area contributed by atoms with Gasteiger partial charge in [0.25, 0.3) is 0 Å². The van der Waals surface area contributed by atoms with Gasteiger partial charge in [-0.3, -0.25) is 0 Å². The van der Waals surface area contributed by atoms with Crippen molar-refractivity contribution in [1.82, 2.24) is 24.4 Å². The topological polar surface area (TPSA) is 137 Å².